The van der Waals surface area contributed by atoms with Gasteiger partial charge < -0.3 is 0 Å². The van der Waals surface area contributed by atoms with Gasteiger partial charge in [-0.3, -0.25) is 4.57 Å². The first-order valence-electron chi connectivity index (χ1n) is 7.69. The molecule has 3 nitrogen and oxygen atoms in total. The van der Waals surface area contributed by atoms with E-state index >= 15 is 0 Å². The molecule has 0 unspecified atom stereocenters. The van der Waals surface area contributed by atoms with Crippen LogP contribution in [0.5, 0.6) is 0 Å². The lowest BCUT2D eigenvalue weighted by Gasteiger charge is -2.10. The van der Waals surface area contributed by atoms with Gasteiger partial charge in [0.1, 0.15) is 5.82 Å². The fourth-order valence-corrected chi connectivity index (χ4v) is 3.30. The first-order valence-corrected chi connectivity index (χ1v) is 8.67. The van der Waals surface area contributed by atoms with Gasteiger partial charge in [0.25, 0.3) is 0 Å². The highest BCUT2D eigenvalue weighted by Crippen LogP contribution is 2.28. The molecule has 0 radical (unpaired) electrons. The summed E-state index contributed by atoms with van der Waals surface area (Å²) in [6, 6.07) is 16.4. The Labute approximate surface area is 139 Å². The molecule has 118 valence electrons. The highest BCUT2D eigenvalue weighted by atomic mass is 32.2. The van der Waals surface area contributed by atoms with E-state index in [2.05, 4.69) is 17.1 Å². The van der Waals surface area contributed by atoms with Gasteiger partial charge in [0.2, 0.25) is 0 Å². The Morgan fingerprint density at radius 3 is 2.43 bits per heavy atom. The van der Waals surface area contributed by atoms with Crippen LogP contribution in [0.1, 0.15) is 19.8 Å². The minimum Gasteiger partial charge on any atom is -0.270 e. The maximum absolute atomic E-state index is 13.3. The van der Waals surface area contributed by atoms with Crippen molar-refractivity contribution in [2.24, 2.45) is 0 Å². The molecule has 3 aromatic rings. The summed E-state index contributed by atoms with van der Waals surface area (Å²) in [7, 11) is 0. The molecular formula is C18H18FN3S. The minimum atomic E-state index is -0.247. The molecular weight excluding hydrogens is 309 g/mol. The monoisotopic (exact) mass is 327 g/mol. The second-order valence-corrected chi connectivity index (χ2v) is 6.25. The number of unbranched alkanes of at least 4 members (excludes halogenated alkanes) is 1. The van der Waals surface area contributed by atoms with Crippen LogP contribution in [0.3, 0.4) is 0 Å². The van der Waals surface area contributed by atoms with Gasteiger partial charge in [0.05, 0.1) is 0 Å². The zero-order valence-electron chi connectivity index (χ0n) is 12.9. The van der Waals surface area contributed by atoms with Crippen molar-refractivity contribution in [2.75, 3.05) is 5.75 Å². The molecule has 0 aliphatic heterocycles. The van der Waals surface area contributed by atoms with E-state index in [1.54, 1.807) is 23.9 Å². The summed E-state index contributed by atoms with van der Waals surface area (Å²) in [6.07, 6.45) is 2.27. The Balaban J connectivity index is 2.04. The molecule has 0 saturated heterocycles. The molecule has 2 aromatic carbocycles. The highest BCUT2D eigenvalue weighted by molar-refractivity contribution is 7.99. The molecule has 0 spiro atoms. The molecule has 3 rings (SSSR count). The molecule has 0 saturated carbocycles. The number of rotatable bonds is 6. The Kier molecular flexibility index (Phi) is 5.08. The van der Waals surface area contributed by atoms with Crippen LogP contribution in [0.25, 0.3) is 17.1 Å². The van der Waals surface area contributed by atoms with Crippen molar-refractivity contribution in [1.82, 2.24) is 14.8 Å². The van der Waals surface area contributed by atoms with E-state index in [4.69, 9.17) is 0 Å². The van der Waals surface area contributed by atoms with E-state index in [0.717, 1.165) is 40.8 Å². The lowest BCUT2D eigenvalue weighted by Crippen LogP contribution is -2.00. The smallest absolute Gasteiger partial charge is 0.196 e. The maximum Gasteiger partial charge on any atom is 0.196 e. The van der Waals surface area contributed by atoms with Crippen molar-refractivity contribution in [3.63, 3.8) is 0 Å². The van der Waals surface area contributed by atoms with Gasteiger partial charge in [-0.1, -0.05) is 55.4 Å². The molecule has 1 aromatic heterocycles. The van der Waals surface area contributed by atoms with Crippen molar-refractivity contribution >= 4 is 11.8 Å². The second-order valence-electron chi connectivity index (χ2n) is 5.19. The van der Waals surface area contributed by atoms with Gasteiger partial charge in [0.15, 0.2) is 11.0 Å². The Bertz CT molecular complexity index is 754. The Hall–Kier alpha value is -2.14. The van der Waals surface area contributed by atoms with Crippen LogP contribution in [-0.2, 0) is 0 Å². The first kappa shape index (κ1) is 15.7. The van der Waals surface area contributed by atoms with Gasteiger partial charge in [-0.25, -0.2) is 4.39 Å². The van der Waals surface area contributed by atoms with Crippen LogP contribution in [0.2, 0.25) is 0 Å². The van der Waals surface area contributed by atoms with E-state index in [1.165, 1.54) is 12.1 Å². The zero-order valence-corrected chi connectivity index (χ0v) is 13.8. The van der Waals surface area contributed by atoms with Crippen molar-refractivity contribution in [2.45, 2.75) is 24.9 Å². The molecule has 0 atom stereocenters. The molecule has 1 heterocycles. The number of benzene rings is 2. The quantitative estimate of drug-likeness (QED) is 0.473. The van der Waals surface area contributed by atoms with Crippen LogP contribution in [0, 0.1) is 5.82 Å². The molecule has 5 heteroatoms. The van der Waals surface area contributed by atoms with Crippen molar-refractivity contribution < 1.29 is 4.39 Å². The molecule has 0 N–H and O–H groups in total. The number of aromatic nitrogens is 3. The van der Waals surface area contributed by atoms with Crippen molar-refractivity contribution in [1.29, 1.82) is 0 Å². The summed E-state index contributed by atoms with van der Waals surface area (Å²) < 4.78 is 15.3. The number of hydrogen-bond donors (Lipinski definition) is 0. The summed E-state index contributed by atoms with van der Waals surface area (Å²) in [5.74, 6) is 1.52. The normalized spacial score (nSPS) is 10.9. The van der Waals surface area contributed by atoms with Gasteiger partial charge in [-0.15, -0.1) is 10.2 Å². The summed E-state index contributed by atoms with van der Waals surface area (Å²) in [6.45, 7) is 2.17. The van der Waals surface area contributed by atoms with Crippen LogP contribution in [0.15, 0.2) is 59.8 Å². The fraction of sp³-hybridized carbons (Fsp3) is 0.222. The van der Waals surface area contributed by atoms with Crippen LogP contribution < -0.4 is 0 Å². The lowest BCUT2D eigenvalue weighted by atomic mass is 10.2. The van der Waals surface area contributed by atoms with Crippen LogP contribution in [-0.4, -0.2) is 20.5 Å². The second kappa shape index (κ2) is 7.42. The first-order chi connectivity index (χ1) is 11.3. The largest absolute Gasteiger partial charge is 0.270 e. The van der Waals surface area contributed by atoms with E-state index in [1.807, 2.05) is 34.9 Å². The topological polar surface area (TPSA) is 30.7 Å². The van der Waals surface area contributed by atoms with E-state index in [0.29, 0.717) is 0 Å². The number of thioether (sulfide) groups is 1. The number of hydrogen-bond acceptors (Lipinski definition) is 3. The molecule has 0 aliphatic rings. The summed E-state index contributed by atoms with van der Waals surface area (Å²) in [5.41, 5.74) is 1.86. The Morgan fingerprint density at radius 1 is 1.00 bits per heavy atom. The summed E-state index contributed by atoms with van der Waals surface area (Å²) >= 11 is 1.68. The predicted octanol–water partition coefficient (Wildman–Crippen LogP) is 4.97. The molecule has 0 bridgehead atoms. The van der Waals surface area contributed by atoms with E-state index < -0.39 is 0 Å². The van der Waals surface area contributed by atoms with Gasteiger partial charge in [0, 0.05) is 17.0 Å². The van der Waals surface area contributed by atoms with E-state index in [9.17, 15) is 4.39 Å². The van der Waals surface area contributed by atoms with Crippen molar-refractivity contribution in [3.05, 3.63) is 60.4 Å². The third-order valence-electron chi connectivity index (χ3n) is 3.48. The van der Waals surface area contributed by atoms with Gasteiger partial charge >= 0.3 is 0 Å². The zero-order chi connectivity index (χ0) is 16.1. The average molecular weight is 327 g/mol. The average Bonchev–Trinajstić information content (AvgIpc) is 3.00. The third kappa shape index (κ3) is 3.62. The van der Waals surface area contributed by atoms with E-state index in [-0.39, 0.29) is 5.82 Å². The minimum absolute atomic E-state index is 0.247. The number of nitrogens with zero attached hydrogens (tertiary/aromatic N) is 3. The predicted molar refractivity (Wildman–Crippen MR) is 92.4 cm³/mol. The van der Waals surface area contributed by atoms with Crippen molar-refractivity contribution in [3.8, 4) is 17.1 Å². The van der Waals surface area contributed by atoms with Crippen LogP contribution >= 0.6 is 11.8 Å². The SMILES string of the molecule is CCCCSc1nnc(-c2ccccc2)n1-c1ccc(F)cc1. The fourth-order valence-electron chi connectivity index (χ4n) is 2.27. The third-order valence-corrected chi connectivity index (χ3v) is 4.49. The Morgan fingerprint density at radius 2 is 1.74 bits per heavy atom. The standard InChI is InChI=1S/C18H18FN3S/c1-2-3-13-23-18-21-20-17(14-7-5-4-6-8-14)22(18)16-11-9-15(19)10-12-16/h4-12H,2-3,13H2,1H3. The molecule has 0 amide bonds. The molecule has 0 aliphatic carbocycles. The number of halogens is 1. The molecule has 23 heavy (non-hydrogen) atoms. The van der Waals surface area contributed by atoms with Crippen LogP contribution in [0.4, 0.5) is 4.39 Å². The van der Waals surface area contributed by atoms with Gasteiger partial charge in [-0.05, 0) is 30.7 Å². The molecule has 0 fully saturated rings. The summed E-state index contributed by atoms with van der Waals surface area (Å²) in [5, 5.41) is 9.54. The van der Waals surface area contributed by atoms with Gasteiger partial charge in [-0.2, -0.15) is 0 Å². The lowest BCUT2D eigenvalue weighted by molar-refractivity contribution is 0.627. The maximum atomic E-state index is 13.3. The highest BCUT2D eigenvalue weighted by Gasteiger charge is 2.15. The summed E-state index contributed by atoms with van der Waals surface area (Å²) in [4.78, 5) is 0.